The minimum absolute atomic E-state index is 0.0920. The zero-order chi connectivity index (χ0) is 20.4. The summed E-state index contributed by atoms with van der Waals surface area (Å²) < 4.78 is 60.9. The molecule has 0 aliphatic rings. The molecule has 0 aliphatic heterocycles. The molecule has 8 nitrogen and oxygen atoms in total. The number of rotatable bonds is 6. The minimum atomic E-state index is -4.26. The molecule has 146 valence electrons. The topological polar surface area (TPSA) is 126 Å². The zero-order valence-corrected chi connectivity index (χ0v) is 16.2. The maximum Gasteiger partial charge on any atom is 0.294 e. The van der Waals surface area contributed by atoms with Crippen LogP contribution in [0.25, 0.3) is 11.3 Å². The number of aryl methyl sites for hydroxylation is 1. The normalized spacial score (nSPS) is 12.4. The van der Waals surface area contributed by atoms with Crippen molar-refractivity contribution in [2.75, 3.05) is 0 Å². The molecule has 0 unspecified atom stereocenters. The Kier molecular flexibility index (Phi) is 5.36. The molecule has 0 aliphatic carbocycles. The van der Waals surface area contributed by atoms with E-state index in [-0.39, 0.29) is 9.79 Å². The van der Waals surface area contributed by atoms with Crippen molar-refractivity contribution in [1.82, 2.24) is 4.83 Å². The van der Waals surface area contributed by atoms with Crippen LogP contribution in [0.3, 0.4) is 0 Å². The first-order valence-corrected chi connectivity index (χ1v) is 10.9. The number of hydrogen-bond donors (Lipinski definition) is 2. The van der Waals surface area contributed by atoms with Crippen LogP contribution in [0.4, 0.5) is 0 Å². The maximum absolute atomic E-state index is 12.1. The predicted molar refractivity (Wildman–Crippen MR) is 103 cm³/mol. The van der Waals surface area contributed by atoms with Crippen LogP contribution in [0.1, 0.15) is 11.3 Å². The first-order chi connectivity index (χ1) is 13.1. The van der Waals surface area contributed by atoms with Crippen LogP contribution in [0, 0.1) is 6.92 Å². The third kappa shape index (κ3) is 4.66. The quantitative estimate of drug-likeness (QED) is 0.359. The molecular weight excluding hydrogens is 404 g/mol. The summed E-state index contributed by atoms with van der Waals surface area (Å²) in [5.41, 5.74) is 1.52. The molecular formula is C18H16N2O6S2. The second kappa shape index (κ2) is 7.58. The Balaban J connectivity index is 1.71. The third-order valence-corrected chi connectivity index (χ3v) is 5.87. The number of hydrogen-bond acceptors (Lipinski definition) is 6. The standard InChI is InChI=1S/C18H16N2O6S2/c1-13-2-7-16(8-3-13)27(21,22)20-19-12-15-6-11-18(26-15)14-4-9-17(10-5-14)28(23,24)25/h2-12,20H,1H3,(H,23,24,25). The summed E-state index contributed by atoms with van der Waals surface area (Å²) >= 11 is 0. The Morgan fingerprint density at radius 1 is 0.893 bits per heavy atom. The Bertz CT molecular complexity index is 1210. The molecule has 0 radical (unpaired) electrons. The molecule has 0 bridgehead atoms. The molecule has 2 aromatic carbocycles. The van der Waals surface area contributed by atoms with Gasteiger partial charge < -0.3 is 4.42 Å². The molecule has 3 rings (SSSR count). The third-order valence-electron chi connectivity index (χ3n) is 3.76. The smallest absolute Gasteiger partial charge is 0.294 e. The van der Waals surface area contributed by atoms with Crippen LogP contribution in [0.5, 0.6) is 0 Å². The molecule has 2 N–H and O–H groups in total. The SMILES string of the molecule is Cc1ccc(S(=O)(=O)NN=Cc2ccc(-c3ccc(S(=O)(=O)O)cc3)o2)cc1. The van der Waals surface area contributed by atoms with E-state index in [1.54, 1.807) is 24.3 Å². The van der Waals surface area contributed by atoms with E-state index in [0.29, 0.717) is 17.1 Å². The van der Waals surface area contributed by atoms with Crippen molar-refractivity contribution in [3.63, 3.8) is 0 Å². The van der Waals surface area contributed by atoms with E-state index in [2.05, 4.69) is 9.93 Å². The van der Waals surface area contributed by atoms with Crippen LogP contribution in [0.15, 0.2) is 80.0 Å². The van der Waals surface area contributed by atoms with Gasteiger partial charge in [-0.15, -0.1) is 0 Å². The van der Waals surface area contributed by atoms with Gasteiger partial charge >= 0.3 is 0 Å². The van der Waals surface area contributed by atoms with Crippen molar-refractivity contribution < 1.29 is 25.8 Å². The largest absolute Gasteiger partial charge is 0.455 e. The lowest BCUT2D eigenvalue weighted by atomic mass is 10.2. The summed E-state index contributed by atoms with van der Waals surface area (Å²) in [6.45, 7) is 1.85. The van der Waals surface area contributed by atoms with E-state index in [9.17, 15) is 16.8 Å². The van der Waals surface area contributed by atoms with Gasteiger partial charge in [0, 0.05) is 5.56 Å². The van der Waals surface area contributed by atoms with Gasteiger partial charge in [-0.25, -0.2) is 0 Å². The van der Waals surface area contributed by atoms with Gasteiger partial charge in [0.2, 0.25) is 0 Å². The number of nitrogens with one attached hydrogen (secondary N) is 1. The lowest BCUT2D eigenvalue weighted by molar-refractivity contribution is 0.483. The highest BCUT2D eigenvalue weighted by atomic mass is 32.2. The van der Waals surface area contributed by atoms with Crippen LogP contribution >= 0.6 is 0 Å². The highest BCUT2D eigenvalue weighted by Crippen LogP contribution is 2.23. The van der Waals surface area contributed by atoms with Crippen molar-refractivity contribution in [2.45, 2.75) is 16.7 Å². The monoisotopic (exact) mass is 420 g/mol. The number of hydrazone groups is 1. The summed E-state index contributed by atoms with van der Waals surface area (Å²) in [5, 5.41) is 3.70. The van der Waals surface area contributed by atoms with Crippen molar-refractivity contribution >= 4 is 26.4 Å². The average molecular weight is 420 g/mol. The second-order valence-corrected chi connectivity index (χ2v) is 8.95. The highest BCUT2D eigenvalue weighted by Gasteiger charge is 2.12. The molecule has 0 spiro atoms. The lowest BCUT2D eigenvalue weighted by Gasteiger charge is -2.03. The van der Waals surface area contributed by atoms with Crippen LogP contribution in [-0.2, 0) is 20.1 Å². The van der Waals surface area contributed by atoms with Gasteiger partial charge in [-0.05, 0) is 55.5 Å². The van der Waals surface area contributed by atoms with Crippen LogP contribution in [0.2, 0.25) is 0 Å². The molecule has 0 saturated heterocycles. The fraction of sp³-hybridized carbons (Fsp3) is 0.0556. The molecule has 0 atom stereocenters. The van der Waals surface area contributed by atoms with E-state index in [0.717, 1.165) is 5.56 Å². The second-order valence-electron chi connectivity index (χ2n) is 5.87. The summed E-state index contributed by atoms with van der Waals surface area (Å²) in [5.74, 6) is 0.713. The van der Waals surface area contributed by atoms with Crippen molar-refractivity contribution in [1.29, 1.82) is 0 Å². The number of sulfonamides is 1. The maximum atomic E-state index is 12.1. The fourth-order valence-corrected chi connectivity index (χ4v) is 3.57. The van der Waals surface area contributed by atoms with Gasteiger partial charge in [0.05, 0.1) is 16.0 Å². The fourth-order valence-electron chi connectivity index (χ4n) is 2.30. The molecule has 3 aromatic rings. The molecule has 28 heavy (non-hydrogen) atoms. The van der Waals surface area contributed by atoms with Crippen molar-refractivity contribution in [2.24, 2.45) is 5.10 Å². The van der Waals surface area contributed by atoms with Crippen LogP contribution < -0.4 is 4.83 Å². The van der Waals surface area contributed by atoms with E-state index < -0.39 is 20.1 Å². The summed E-state index contributed by atoms with van der Waals surface area (Å²) in [6, 6.07) is 15.0. The zero-order valence-electron chi connectivity index (χ0n) is 14.6. The number of nitrogens with zero attached hydrogens (tertiary/aromatic N) is 1. The van der Waals surface area contributed by atoms with Crippen molar-refractivity contribution in [3.05, 3.63) is 72.0 Å². The molecule has 0 saturated carbocycles. The Hall–Kier alpha value is -2.95. The van der Waals surface area contributed by atoms with E-state index in [1.165, 1.54) is 42.6 Å². The summed E-state index contributed by atoms with van der Waals surface area (Å²) in [6.07, 6.45) is 1.21. The predicted octanol–water partition coefficient (Wildman–Crippen LogP) is 2.81. The van der Waals surface area contributed by atoms with Crippen molar-refractivity contribution in [3.8, 4) is 11.3 Å². The Morgan fingerprint density at radius 2 is 1.50 bits per heavy atom. The van der Waals surface area contributed by atoms with E-state index in [1.807, 2.05) is 6.92 Å². The Labute approximate surface area is 162 Å². The average Bonchev–Trinajstić information content (AvgIpc) is 3.10. The Morgan fingerprint density at radius 3 is 2.11 bits per heavy atom. The molecule has 1 aromatic heterocycles. The van der Waals surface area contributed by atoms with E-state index >= 15 is 0 Å². The highest BCUT2D eigenvalue weighted by molar-refractivity contribution is 7.89. The number of furan rings is 1. The summed E-state index contributed by atoms with van der Waals surface area (Å²) in [4.78, 5) is 1.97. The molecule has 0 fully saturated rings. The van der Waals surface area contributed by atoms with Gasteiger partial charge in [-0.1, -0.05) is 17.7 Å². The van der Waals surface area contributed by atoms with Gasteiger partial charge in [0.25, 0.3) is 20.1 Å². The lowest BCUT2D eigenvalue weighted by Crippen LogP contribution is -2.18. The van der Waals surface area contributed by atoms with Crippen LogP contribution in [-0.4, -0.2) is 27.6 Å². The van der Waals surface area contributed by atoms with E-state index in [4.69, 9.17) is 8.97 Å². The van der Waals surface area contributed by atoms with Gasteiger partial charge in [-0.2, -0.15) is 26.8 Å². The molecule has 10 heteroatoms. The molecule has 1 heterocycles. The summed E-state index contributed by atoms with van der Waals surface area (Å²) in [7, 11) is -8.05. The first-order valence-electron chi connectivity index (χ1n) is 7.94. The van der Waals surface area contributed by atoms with Gasteiger partial charge in [-0.3, -0.25) is 4.55 Å². The number of benzene rings is 2. The van der Waals surface area contributed by atoms with Gasteiger partial charge in [0.1, 0.15) is 11.5 Å². The first kappa shape index (κ1) is 19.8. The minimum Gasteiger partial charge on any atom is -0.455 e. The van der Waals surface area contributed by atoms with Gasteiger partial charge in [0.15, 0.2) is 0 Å². The molecule has 0 amide bonds.